The lowest BCUT2D eigenvalue weighted by Gasteiger charge is -2.22. The van der Waals surface area contributed by atoms with E-state index in [2.05, 4.69) is 0 Å². The molecule has 17 heavy (non-hydrogen) atoms. The molecular weight excluding hydrogens is 240 g/mol. The number of hydrogen-bond donors (Lipinski definition) is 1. The van der Waals surface area contributed by atoms with Gasteiger partial charge in [-0.3, -0.25) is 9.00 Å². The molecule has 0 bridgehead atoms. The van der Waals surface area contributed by atoms with Crippen molar-refractivity contribution in [3.63, 3.8) is 0 Å². The summed E-state index contributed by atoms with van der Waals surface area (Å²) in [5.74, 6) is 0.0782. The van der Waals surface area contributed by atoms with E-state index in [9.17, 15) is 9.00 Å². The number of nitrogens with zero attached hydrogens (tertiary/aromatic N) is 1. The maximum Gasteiger partial charge on any atom is 0.234 e. The standard InChI is InChI=1S/C11H22N2O3S/c1-13(6-2-5-12)11(14)9-17(15)10-3-7-16-8-4-10/h10H,2-9,12H2,1H3. The molecule has 0 aliphatic carbocycles. The van der Waals surface area contributed by atoms with Gasteiger partial charge in [-0.25, -0.2) is 0 Å². The highest BCUT2D eigenvalue weighted by Gasteiger charge is 2.23. The van der Waals surface area contributed by atoms with Gasteiger partial charge in [0.05, 0.1) is 0 Å². The minimum absolute atomic E-state index is 0.0525. The van der Waals surface area contributed by atoms with Crippen molar-refractivity contribution < 1.29 is 13.7 Å². The Balaban J connectivity index is 2.31. The van der Waals surface area contributed by atoms with Crippen LogP contribution in [0.3, 0.4) is 0 Å². The van der Waals surface area contributed by atoms with Gasteiger partial charge < -0.3 is 15.4 Å². The molecule has 1 fully saturated rings. The van der Waals surface area contributed by atoms with E-state index in [1.54, 1.807) is 11.9 Å². The molecule has 5 nitrogen and oxygen atoms in total. The molecule has 2 N–H and O–H groups in total. The fraction of sp³-hybridized carbons (Fsp3) is 0.909. The molecule has 0 spiro atoms. The van der Waals surface area contributed by atoms with E-state index in [4.69, 9.17) is 10.5 Å². The lowest BCUT2D eigenvalue weighted by molar-refractivity contribution is -0.127. The van der Waals surface area contributed by atoms with Crippen LogP contribution in [0, 0.1) is 0 Å². The average molecular weight is 262 g/mol. The maximum absolute atomic E-state index is 12.0. The molecule has 1 aliphatic rings. The minimum atomic E-state index is -1.07. The first-order chi connectivity index (χ1) is 8.15. The number of nitrogens with two attached hydrogens (primary N) is 1. The number of carbonyl (C=O) groups excluding carboxylic acids is 1. The third-order valence-corrected chi connectivity index (χ3v) is 4.68. The van der Waals surface area contributed by atoms with Crippen LogP contribution in [0.15, 0.2) is 0 Å². The van der Waals surface area contributed by atoms with Crippen LogP contribution in [0.1, 0.15) is 19.3 Å². The Bertz CT molecular complexity index is 267. The molecule has 0 aromatic heterocycles. The zero-order valence-corrected chi connectivity index (χ0v) is 11.2. The monoisotopic (exact) mass is 262 g/mol. The summed E-state index contributed by atoms with van der Waals surface area (Å²) in [5.41, 5.74) is 5.38. The van der Waals surface area contributed by atoms with Crippen molar-refractivity contribution in [3.05, 3.63) is 0 Å². The van der Waals surface area contributed by atoms with Crippen molar-refractivity contribution in [2.45, 2.75) is 24.5 Å². The Morgan fingerprint density at radius 1 is 1.47 bits per heavy atom. The van der Waals surface area contributed by atoms with Gasteiger partial charge >= 0.3 is 0 Å². The Kier molecular flexibility index (Phi) is 6.69. The van der Waals surface area contributed by atoms with E-state index in [1.807, 2.05) is 0 Å². The van der Waals surface area contributed by atoms with Gasteiger partial charge in [0.2, 0.25) is 5.91 Å². The summed E-state index contributed by atoms with van der Waals surface area (Å²) in [6.45, 7) is 2.53. The van der Waals surface area contributed by atoms with Crippen molar-refractivity contribution in [2.75, 3.05) is 39.1 Å². The van der Waals surface area contributed by atoms with Gasteiger partial charge in [-0.2, -0.15) is 0 Å². The molecule has 1 aliphatic heterocycles. The predicted molar refractivity (Wildman–Crippen MR) is 68.2 cm³/mol. The molecular formula is C11H22N2O3S. The SMILES string of the molecule is CN(CCCN)C(=O)CS(=O)C1CCOCC1. The summed E-state index contributed by atoms with van der Waals surface area (Å²) in [4.78, 5) is 13.4. The maximum atomic E-state index is 12.0. The topological polar surface area (TPSA) is 72.6 Å². The zero-order chi connectivity index (χ0) is 12.7. The van der Waals surface area contributed by atoms with Crippen LogP contribution < -0.4 is 5.73 Å². The minimum Gasteiger partial charge on any atom is -0.381 e. The van der Waals surface area contributed by atoms with E-state index >= 15 is 0 Å². The normalized spacial score (nSPS) is 18.9. The van der Waals surface area contributed by atoms with Gasteiger partial charge in [0.1, 0.15) is 5.75 Å². The van der Waals surface area contributed by atoms with Crippen molar-refractivity contribution in [3.8, 4) is 0 Å². The van der Waals surface area contributed by atoms with Crippen molar-refractivity contribution in [1.29, 1.82) is 0 Å². The highest BCUT2D eigenvalue weighted by molar-refractivity contribution is 7.86. The second-order valence-corrected chi connectivity index (χ2v) is 6.01. The van der Waals surface area contributed by atoms with Gasteiger partial charge in [-0.1, -0.05) is 0 Å². The number of rotatable bonds is 6. The van der Waals surface area contributed by atoms with Crippen molar-refractivity contribution in [1.82, 2.24) is 4.90 Å². The molecule has 1 atom stereocenters. The highest BCUT2D eigenvalue weighted by atomic mass is 32.2. The fourth-order valence-electron chi connectivity index (χ4n) is 1.74. The first-order valence-electron chi connectivity index (χ1n) is 6.04. The van der Waals surface area contributed by atoms with Gasteiger partial charge in [0, 0.05) is 42.9 Å². The molecule has 1 rings (SSSR count). The molecule has 1 unspecified atom stereocenters. The number of carbonyl (C=O) groups is 1. The van der Waals surface area contributed by atoms with E-state index in [0.29, 0.717) is 26.3 Å². The van der Waals surface area contributed by atoms with Gasteiger partial charge in [-0.05, 0) is 25.8 Å². The van der Waals surface area contributed by atoms with Crippen LogP contribution in [0.25, 0.3) is 0 Å². The second kappa shape index (κ2) is 7.79. The quantitative estimate of drug-likeness (QED) is 0.714. The third kappa shape index (κ3) is 5.14. The van der Waals surface area contributed by atoms with Crippen LogP contribution in [-0.2, 0) is 20.3 Å². The zero-order valence-electron chi connectivity index (χ0n) is 10.4. The number of hydrogen-bond acceptors (Lipinski definition) is 4. The lowest BCUT2D eigenvalue weighted by Crippen LogP contribution is -2.36. The van der Waals surface area contributed by atoms with Crippen LogP contribution in [0.5, 0.6) is 0 Å². The summed E-state index contributed by atoms with van der Waals surface area (Å²) < 4.78 is 17.2. The molecule has 0 aromatic rings. The van der Waals surface area contributed by atoms with E-state index < -0.39 is 10.8 Å². The first kappa shape index (κ1) is 14.6. The molecule has 100 valence electrons. The number of ether oxygens (including phenoxy) is 1. The van der Waals surface area contributed by atoms with Crippen molar-refractivity contribution in [2.24, 2.45) is 5.73 Å². The Morgan fingerprint density at radius 3 is 2.71 bits per heavy atom. The molecule has 1 amide bonds. The Morgan fingerprint density at radius 2 is 2.12 bits per heavy atom. The van der Waals surface area contributed by atoms with E-state index in [-0.39, 0.29) is 16.9 Å². The summed E-state index contributed by atoms with van der Waals surface area (Å²) >= 11 is 0. The van der Waals surface area contributed by atoms with E-state index in [0.717, 1.165) is 19.3 Å². The van der Waals surface area contributed by atoms with Gasteiger partial charge in [0.25, 0.3) is 0 Å². The Hall–Kier alpha value is -0.460. The molecule has 1 heterocycles. The third-order valence-electron chi connectivity index (χ3n) is 2.93. The first-order valence-corrected chi connectivity index (χ1v) is 7.42. The molecule has 0 radical (unpaired) electrons. The molecule has 1 saturated heterocycles. The second-order valence-electron chi connectivity index (χ2n) is 4.29. The van der Waals surface area contributed by atoms with E-state index in [1.165, 1.54) is 0 Å². The van der Waals surface area contributed by atoms with Crippen LogP contribution in [0.4, 0.5) is 0 Å². The predicted octanol–water partition coefficient (Wildman–Crippen LogP) is -0.279. The van der Waals surface area contributed by atoms with Crippen molar-refractivity contribution >= 4 is 16.7 Å². The summed E-state index contributed by atoms with van der Waals surface area (Å²) in [7, 11) is 0.670. The highest BCUT2D eigenvalue weighted by Crippen LogP contribution is 2.13. The fourth-order valence-corrected chi connectivity index (χ4v) is 3.16. The van der Waals surface area contributed by atoms with Crippen LogP contribution >= 0.6 is 0 Å². The molecule has 6 heteroatoms. The molecule has 0 saturated carbocycles. The average Bonchev–Trinajstić information content (AvgIpc) is 2.36. The van der Waals surface area contributed by atoms with Gasteiger partial charge in [-0.15, -0.1) is 0 Å². The van der Waals surface area contributed by atoms with Crippen LogP contribution in [-0.4, -0.2) is 59.4 Å². The summed E-state index contributed by atoms with van der Waals surface area (Å²) in [6, 6.07) is 0. The summed E-state index contributed by atoms with van der Waals surface area (Å²) in [6.07, 6.45) is 2.38. The summed E-state index contributed by atoms with van der Waals surface area (Å²) in [5, 5.41) is 0.121. The Labute approximate surface area is 105 Å². The van der Waals surface area contributed by atoms with Gasteiger partial charge in [0.15, 0.2) is 0 Å². The molecule has 0 aromatic carbocycles. The smallest absolute Gasteiger partial charge is 0.234 e. The number of amides is 1. The lowest BCUT2D eigenvalue weighted by atomic mass is 10.2. The van der Waals surface area contributed by atoms with Crippen LogP contribution in [0.2, 0.25) is 0 Å². The largest absolute Gasteiger partial charge is 0.381 e.